The van der Waals surface area contributed by atoms with Crippen molar-refractivity contribution in [2.75, 3.05) is 0 Å². The smallest absolute Gasteiger partial charge is 0.307 e. The van der Waals surface area contributed by atoms with Crippen LogP contribution < -0.4 is 0 Å². The first-order valence-corrected chi connectivity index (χ1v) is 7.47. The minimum Gasteiger partial charge on any atom is -0.481 e. The molecule has 2 atom stereocenters. The van der Waals surface area contributed by atoms with Crippen molar-refractivity contribution in [2.45, 2.75) is 38.5 Å². The van der Waals surface area contributed by atoms with Crippen LogP contribution in [0.25, 0.3) is 0 Å². The Hall–Kier alpha value is -1.76. The van der Waals surface area contributed by atoms with Gasteiger partial charge in [-0.25, -0.2) is 4.98 Å². The summed E-state index contributed by atoms with van der Waals surface area (Å²) in [6.45, 7) is 1.95. The molecule has 0 aromatic carbocycles. The van der Waals surface area contributed by atoms with Crippen LogP contribution in [-0.4, -0.2) is 26.2 Å². The Bertz CT molecular complexity index is 622. The molecule has 0 spiro atoms. The van der Waals surface area contributed by atoms with Crippen LogP contribution >= 0.6 is 11.3 Å². The summed E-state index contributed by atoms with van der Waals surface area (Å²) >= 11 is 1.59. The molecule has 1 fully saturated rings. The molecular formula is C13H15N3O3S. The molecule has 6 nitrogen and oxygen atoms in total. The largest absolute Gasteiger partial charge is 0.481 e. The monoisotopic (exact) mass is 293 g/mol. The third-order valence-electron chi connectivity index (χ3n) is 3.64. The average Bonchev–Trinajstić information content (AvgIpc) is 3.09. The Kier molecular flexibility index (Phi) is 3.52. The minimum atomic E-state index is -0.776. The zero-order valence-corrected chi connectivity index (χ0v) is 11.9. The summed E-state index contributed by atoms with van der Waals surface area (Å²) in [7, 11) is 0. The SMILES string of the molecule is Cc1nc(Cc2noc(C3CCCC3C(=O)O)n2)cs1. The van der Waals surface area contributed by atoms with Crippen molar-refractivity contribution in [1.82, 2.24) is 15.1 Å². The lowest BCUT2D eigenvalue weighted by atomic mass is 9.96. The van der Waals surface area contributed by atoms with Gasteiger partial charge in [0.2, 0.25) is 5.89 Å². The maximum Gasteiger partial charge on any atom is 0.307 e. The van der Waals surface area contributed by atoms with Crippen LogP contribution in [0.3, 0.4) is 0 Å². The molecule has 1 saturated carbocycles. The number of carboxylic acid groups (broad SMARTS) is 1. The molecular weight excluding hydrogens is 278 g/mol. The van der Waals surface area contributed by atoms with Crippen LogP contribution in [0, 0.1) is 12.8 Å². The average molecular weight is 293 g/mol. The molecule has 7 heteroatoms. The lowest BCUT2D eigenvalue weighted by Gasteiger charge is -2.09. The van der Waals surface area contributed by atoms with Crippen LogP contribution in [0.4, 0.5) is 0 Å². The summed E-state index contributed by atoms with van der Waals surface area (Å²) in [5.41, 5.74) is 0.918. The van der Waals surface area contributed by atoms with Crippen LogP contribution in [0.1, 0.15) is 47.6 Å². The van der Waals surface area contributed by atoms with Crippen molar-refractivity contribution in [3.63, 3.8) is 0 Å². The Balaban J connectivity index is 1.75. The topological polar surface area (TPSA) is 89.1 Å². The molecule has 20 heavy (non-hydrogen) atoms. The van der Waals surface area contributed by atoms with Gasteiger partial charge in [-0.1, -0.05) is 11.6 Å². The van der Waals surface area contributed by atoms with Crippen molar-refractivity contribution in [3.8, 4) is 0 Å². The van der Waals surface area contributed by atoms with E-state index in [9.17, 15) is 9.90 Å². The molecule has 1 aliphatic carbocycles. The van der Waals surface area contributed by atoms with Crippen molar-refractivity contribution in [1.29, 1.82) is 0 Å². The molecule has 0 saturated heterocycles. The summed E-state index contributed by atoms with van der Waals surface area (Å²) in [5.74, 6) is -0.295. The van der Waals surface area contributed by atoms with Crippen molar-refractivity contribution in [3.05, 3.63) is 27.8 Å². The van der Waals surface area contributed by atoms with E-state index in [0.717, 1.165) is 23.5 Å². The number of hydrogen-bond donors (Lipinski definition) is 1. The normalized spacial score (nSPS) is 22.2. The third kappa shape index (κ3) is 2.58. The maximum atomic E-state index is 11.2. The highest BCUT2D eigenvalue weighted by Crippen LogP contribution is 2.39. The first kappa shape index (κ1) is 13.2. The van der Waals surface area contributed by atoms with Gasteiger partial charge in [0.1, 0.15) is 0 Å². The number of carboxylic acids is 1. The summed E-state index contributed by atoms with van der Waals surface area (Å²) in [6, 6.07) is 0. The molecule has 106 valence electrons. The van der Waals surface area contributed by atoms with Gasteiger partial charge < -0.3 is 9.63 Å². The van der Waals surface area contributed by atoms with Gasteiger partial charge in [0, 0.05) is 5.38 Å². The molecule has 1 N–H and O–H groups in total. The fourth-order valence-electron chi connectivity index (χ4n) is 2.69. The zero-order chi connectivity index (χ0) is 14.1. The Morgan fingerprint density at radius 2 is 2.35 bits per heavy atom. The lowest BCUT2D eigenvalue weighted by Crippen LogP contribution is -2.17. The molecule has 1 aliphatic rings. The highest BCUT2D eigenvalue weighted by atomic mass is 32.1. The molecule has 3 rings (SSSR count). The molecule has 0 bridgehead atoms. The second kappa shape index (κ2) is 5.32. The van der Waals surface area contributed by atoms with Gasteiger partial charge in [0.05, 0.1) is 29.0 Å². The third-order valence-corrected chi connectivity index (χ3v) is 4.46. The number of nitrogens with zero attached hydrogens (tertiary/aromatic N) is 3. The van der Waals surface area contributed by atoms with Gasteiger partial charge in [-0.05, 0) is 19.8 Å². The predicted molar refractivity (Wildman–Crippen MR) is 71.7 cm³/mol. The van der Waals surface area contributed by atoms with Crippen LogP contribution in [0.5, 0.6) is 0 Å². The van der Waals surface area contributed by atoms with Gasteiger partial charge in [0.25, 0.3) is 0 Å². The quantitative estimate of drug-likeness (QED) is 0.931. The molecule has 0 amide bonds. The van der Waals surface area contributed by atoms with Crippen molar-refractivity contribution < 1.29 is 14.4 Å². The molecule has 2 aromatic heterocycles. The number of aliphatic carboxylic acids is 1. The lowest BCUT2D eigenvalue weighted by molar-refractivity contribution is -0.142. The molecule has 2 heterocycles. The number of aryl methyl sites for hydroxylation is 1. The molecule has 0 radical (unpaired) electrons. The van der Waals surface area contributed by atoms with E-state index in [1.807, 2.05) is 12.3 Å². The molecule has 0 aliphatic heterocycles. The van der Waals surface area contributed by atoms with E-state index in [4.69, 9.17) is 4.52 Å². The van der Waals surface area contributed by atoms with Crippen molar-refractivity contribution >= 4 is 17.3 Å². The van der Waals surface area contributed by atoms with Crippen LogP contribution in [0.2, 0.25) is 0 Å². The first-order valence-electron chi connectivity index (χ1n) is 6.60. The highest BCUT2D eigenvalue weighted by Gasteiger charge is 2.37. The van der Waals surface area contributed by atoms with Gasteiger partial charge in [-0.15, -0.1) is 11.3 Å². The van der Waals surface area contributed by atoms with E-state index in [-0.39, 0.29) is 5.92 Å². The van der Waals surface area contributed by atoms with E-state index >= 15 is 0 Å². The zero-order valence-electron chi connectivity index (χ0n) is 11.1. The Labute approximate surface area is 119 Å². The number of carbonyl (C=O) groups is 1. The van der Waals surface area contributed by atoms with Gasteiger partial charge in [-0.3, -0.25) is 4.79 Å². The fraction of sp³-hybridized carbons (Fsp3) is 0.538. The summed E-state index contributed by atoms with van der Waals surface area (Å²) < 4.78 is 5.26. The minimum absolute atomic E-state index is 0.147. The van der Waals surface area contributed by atoms with Crippen LogP contribution in [-0.2, 0) is 11.2 Å². The molecule has 2 unspecified atom stereocenters. The van der Waals surface area contributed by atoms with Gasteiger partial charge >= 0.3 is 5.97 Å². The second-order valence-electron chi connectivity index (χ2n) is 5.07. The number of aromatic nitrogens is 3. The van der Waals surface area contributed by atoms with E-state index in [0.29, 0.717) is 24.6 Å². The van der Waals surface area contributed by atoms with Gasteiger partial charge in [0.15, 0.2) is 5.82 Å². The molecule has 2 aromatic rings. The fourth-order valence-corrected chi connectivity index (χ4v) is 3.31. The summed E-state index contributed by atoms with van der Waals surface area (Å²) in [5, 5.41) is 16.1. The second-order valence-corrected chi connectivity index (χ2v) is 6.13. The predicted octanol–water partition coefficient (Wildman–Crippen LogP) is 2.39. The summed E-state index contributed by atoms with van der Waals surface area (Å²) in [4.78, 5) is 19.9. The van der Waals surface area contributed by atoms with E-state index in [2.05, 4.69) is 15.1 Å². The van der Waals surface area contributed by atoms with Gasteiger partial charge in [-0.2, -0.15) is 4.98 Å². The Morgan fingerprint density at radius 1 is 1.50 bits per heavy atom. The number of hydrogen-bond acceptors (Lipinski definition) is 6. The standard InChI is InChI=1S/C13H15N3O3S/c1-7-14-8(6-20-7)5-11-15-12(19-16-11)9-3-2-4-10(9)13(17)18/h6,9-10H,2-5H2,1H3,(H,17,18). The highest BCUT2D eigenvalue weighted by molar-refractivity contribution is 7.09. The van der Waals surface area contributed by atoms with Crippen LogP contribution in [0.15, 0.2) is 9.90 Å². The summed E-state index contributed by atoms with van der Waals surface area (Å²) in [6.07, 6.45) is 2.90. The maximum absolute atomic E-state index is 11.2. The van der Waals surface area contributed by atoms with Crippen molar-refractivity contribution in [2.24, 2.45) is 5.92 Å². The number of thiazole rings is 1. The van der Waals surface area contributed by atoms with E-state index in [1.54, 1.807) is 11.3 Å². The van der Waals surface area contributed by atoms with E-state index in [1.165, 1.54) is 0 Å². The first-order chi connectivity index (χ1) is 9.63. The number of rotatable bonds is 4. The van der Waals surface area contributed by atoms with E-state index < -0.39 is 11.9 Å². The Morgan fingerprint density at radius 3 is 3.05 bits per heavy atom.